The molecule has 0 aliphatic carbocycles. The molecule has 1 atom stereocenters. The van der Waals surface area contributed by atoms with Crippen LogP contribution in [0.15, 0.2) is 150 Å². The van der Waals surface area contributed by atoms with E-state index in [0.717, 1.165) is 56.9 Å². The zero-order chi connectivity index (χ0) is 45.5. The minimum Gasteiger partial charge on any atom is -0.494 e. The number of rotatable bonds is 26. The van der Waals surface area contributed by atoms with Gasteiger partial charge in [-0.3, -0.25) is 9.59 Å². The third-order valence-electron chi connectivity index (χ3n) is 9.76. The summed E-state index contributed by atoms with van der Waals surface area (Å²) in [4.78, 5) is 51.7. The fraction of sp³-hybridized carbons (Fsp3) is 0.224. The summed E-state index contributed by atoms with van der Waals surface area (Å²) in [5.41, 5.74) is 7.43. The fourth-order valence-corrected chi connectivity index (χ4v) is 6.92. The Morgan fingerprint density at radius 1 is 0.800 bits per heavy atom. The van der Waals surface area contributed by atoms with Crippen molar-refractivity contribution in [2.75, 3.05) is 26.9 Å². The topological polar surface area (TPSA) is 196 Å². The number of unbranched alkanes of at least 4 members (excludes halogenated alkanes) is 2. The molecule has 2 amide bonds. The van der Waals surface area contributed by atoms with Gasteiger partial charge in [-0.2, -0.15) is 5.43 Å². The number of ether oxygens (including phenoxy) is 2. The predicted octanol–water partition coefficient (Wildman–Crippen LogP) is 7.51. The molecule has 65 heavy (non-hydrogen) atoms. The Bertz CT molecular complexity index is 2390. The van der Waals surface area contributed by atoms with Crippen molar-refractivity contribution in [3.8, 4) is 34.0 Å². The SMILES string of the molecule is COOOSc1ccccc1/C=N/[NH2+]c1ccc(C(=O)NCCCOc2ccc(CC(NC(=O)CCCCCOc3cc(-c4ccccc4)cc(-c4ccccc4)n3)C(=O)O)cc2)cn1. The number of nitrogens with zero attached hydrogens (tertiary/aromatic N) is 3. The van der Waals surface area contributed by atoms with Crippen molar-refractivity contribution in [1.29, 1.82) is 0 Å². The summed E-state index contributed by atoms with van der Waals surface area (Å²) in [7, 11) is 1.34. The molecule has 0 fully saturated rings. The first-order valence-corrected chi connectivity index (χ1v) is 21.8. The lowest BCUT2D eigenvalue weighted by Crippen LogP contribution is -2.71. The van der Waals surface area contributed by atoms with Crippen LogP contribution < -0.4 is 25.5 Å². The number of nitrogens with two attached hydrogens (primary N) is 1. The average Bonchev–Trinajstić information content (AvgIpc) is 3.34. The molecule has 336 valence electrons. The number of aliphatic carboxylic acids is 1. The molecule has 15 nitrogen and oxygen atoms in total. The molecule has 0 radical (unpaired) electrons. The van der Waals surface area contributed by atoms with Crippen LogP contribution >= 0.6 is 12.0 Å². The number of aromatic nitrogens is 2. The van der Waals surface area contributed by atoms with Gasteiger partial charge in [-0.1, -0.05) is 101 Å². The van der Waals surface area contributed by atoms with Crippen LogP contribution in [0.4, 0.5) is 5.82 Å². The maximum Gasteiger partial charge on any atom is 0.326 e. The highest BCUT2D eigenvalue weighted by Gasteiger charge is 2.20. The summed E-state index contributed by atoms with van der Waals surface area (Å²) in [6.45, 7) is 1.17. The molecule has 0 saturated heterocycles. The van der Waals surface area contributed by atoms with Gasteiger partial charge < -0.3 is 25.2 Å². The van der Waals surface area contributed by atoms with Crippen molar-refractivity contribution in [1.82, 2.24) is 20.6 Å². The van der Waals surface area contributed by atoms with Crippen LogP contribution in [0.5, 0.6) is 11.6 Å². The number of carbonyl (C=O) groups excluding carboxylic acids is 2. The Morgan fingerprint density at radius 2 is 1.54 bits per heavy atom. The number of amides is 2. The smallest absolute Gasteiger partial charge is 0.326 e. The highest BCUT2D eigenvalue weighted by Crippen LogP contribution is 2.29. The van der Waals surface area contributed by atoms with E-state index in [1.165, 1.54) is 13.3 Å². The highest BCUT2D eigenvalue weighted by atomic mass is 32.2. The molecule has 0 spiro atoms. The van der Waals surface area contributed by atoms with Crippen LogP contribution in [0, 0.1) is 0 Å². The van der Waals surface area contributed by atoms with Gasteiger partial charge in [-0.15, -0.1) is 4.33 Å². The van der Waals surface area contributed by atoms with Crippen molar-refractivity contribution >= 4 is 41.9 Å². The molecule has 0 bridgehead atoms. The lowest BCUT2D eigenvalue weighted by Gasteiger charge is -2.15. The number of carbonyl (C=O) groups is 3. The first-order valence-electron chi connectivity index (χ1n) is 21.1. The van der Waals surface area contributed by atoms with E-state index in [4.69, 9.17) is 18.8 Å². The van der Waals surface area contributed by atoms with Crippen molar-refractivity contribution < 1.29 is 48.6 Å². The van der Waals surface area contributed by atoms with Crippen LogP contribution in [-0.4, -0.2) is 72.0 Å². The fourth-order valence-electron chi connectivity index (χ4n) is 6.42. The van der Waals surface area contributed by atoms with E-state index in [1.807, 2.05) is 78.9 Å². The van der Waals surface area contributed by atoms with Crippen molar-refractivity contribution in [3.63, 3.8) is 0 Å². The molecule has 2 aromatic heterocycles. The number of carboxylic acids is 1. The normalized spacial score (nSPS) is 11.5. The van der Waals surface area contributed by atoms with Gasteiger partial charge in [0.25, 0.3) is 11.7 Å². The van der Waals surface area contributed by atoms with E-state index in [0.29, 0.717) is 62.0 Å². The summed E-state index contributed by atoms with van der Waals surface area (Å²) < 4.78 is 16.8. The van der Waals surface area contributed by atoms with Gasteiger partial charge in [-0.05, 0) is 72.7 Å². The van der Waals surface area contributed by atoms with E-state index in [1.54, 1.807) is 48.0 Å². The Morgan fingerprint density at radius 3 is 2.28 bits per heavy atom. The molecule has 0 aliphatic heterocycles. The minimum atomic E-state index is -1.11. The molecule has 4 aromatic carbocycles. The summed E-state index contributed by atoms with van der Waals surface area (Å²) in [5.74, 6) is 0.0240. The first-order chi connectivity index (χ1) is 31.8. The maximum absolute atomic E-state index is 12.7. The van der Waals surface area contributed by atoms with Gasteiger partial charge in [0.15, 0.2) is 0 Å². The molecule has 6 rings (SSSR count). The van der Waals surface area contributed by atoms with Crippen molar-refractivity contribution in [2.45, 2.75) is 49.5 Å². The Balaban J connectivity index is 0.849. The van der Waals surface area contributed by atoms with Gasteiger partial charge in [-0.25, -0.2) is 19.7 Å². The molecule has 16 heteroatoms. The van der Waals surface area contributed by atoms with Crippen LogP contribution in [0.2, 0.25) is 0 Å². The number of benzene rings is 4. The Kier molecular flexibility index (Phi) is 19.0. The van der Waals surface area contributed by atoms with Gasteiger partial charge in [0.2, 0.25) is 11.8 Å². The quantitative estimate of drug-likeness (QED) is 0.0105. The number of hydrogen-bond donors (Lipinski definition) is 4. The van der Waals surface area contributed by atoms with E-state index in [2.05, 4.69) is 48.8 Å². The van der Waals surface area contributed by atoms with E-state index >= 15 is 0 Å². The molecule has 0 aliphatic rings. The molecular weight excluding hydrogens is 849 g/mol. The van der Waals surface area contributed by atoms with Crippen LogP contribution in [0.1, 0.15) is 53.6 Å². The highest BCUT2D eigenvalue weighted by molar-refractivity contribution is 7.94. The van der Waals surface area contributed by atoms with E-state index in [-0.39, 0.29) is 24.7 Å². The predicted molar refractivity (Wildman–Crippen MR) is 246 cm³/mol. The van der Waals surface area contributed by atoms with Gasteiger partial charge in [0.1, 0.15) is 11.8 Å². The number of nitrogens with one attached hydrogen (secondary N) is 2. The summed E-state index contributed by atoms with van der Waals surface area (Å²) in [6.07, 6.45) is 6.05. The van der Waals surface area contributed by atoms with Crippen LogP contribution in [0.3, 0.4) is 0 Å². The van der Waals surface area contributed by atoms with Crippen LogP contribution in [-0.2, 0) is 30.3 Å². The molecule has 5 N–H and O–H groups in total. The van der Waals surface area contributed by atoms with Gasteiger partial charge in [0, 0.05) is 53.7 Å². The molecule has 2 heterocycles. The lowest BCUT2D eigenvalue weighted by atomic mass is 10.0. The second kappa shape index (κ2) is 26.0. The summed E-state index contributed by atoms with van der Waals surface area (Å²) >= 11 is 0.987. The monoisotopic (exact) mass is 899 g/mol. The Hall–Kier alpha value is -6.95. The van der Waals surface area contributed by atoms with Gasteiger partial charge in [0.05, 0.1) is 49.8 Å². The lowest BCUT2D eigenvalue weighted by molar-refractivity contribution is -0.580. The van der Waals surface area contributed by atoms with Gasteiger partial charge >= 0.3 is 5.97 Å². The van der Waals surface area contributed by atoms with Crippen LogP contribution in [0.25, 0.3) is 22.4 Å². The standard InChI is InChI=1S/C49H50N6O9S/c1-60-63-64-65-44-19-11-10-18-38(44)34-52-55-45-26-23-39(33-51-45)48(57)50-27-13-29-61-41-24-21-35(22-25-41)30-43(49(58)59)53-46(56)20-9-4-12-28-62-47-32-40(36-14-5-2-6-15-36)31-42(54-47)37-16-7-3-8-17-37/h2-3,5-8,10-11,14-19,21-26,31-34,43H,4,9,12-13,20,27-30H2,1H3,(H,50,57)(H,51,55)(H,53,56)(H,58,59)/p+1/b52-34+. The number of quaternary nitrogens is 1. The average molecular weight is 900 g/mol. The zero-order valence-electron chi connectivity index (χ0n) is 35.8. The molecular formula is C49H51N6O9S+. The van der Waals surface area contributed by atoms with E-state index < -0.39 is 12.0 Å². The van der Waals surface area contributed by atoms with Crippen molar-refractivity contribution in [3.05, 3.63) is 156 Å². The largest absolute Gasteiger partial charge is 0.494 e. The summed E-state index contributed by atoms with van der Waals surface area (Å²) in [6, 6.07) is 40.9. The third-order valence-corrected chi connectivity index (χ3v) is 10.4. The van der Waals surface area contributed by atoms with E-state index in [9.17, 15) is 19.5 Å². The molecule has 6 aromatic rings. The minimum absolute atomic E-state index is 0.123. The Labute approximate surface area is 381 Å². The number of pyridine rings is 2. The molecule has 1 unspecified atom stereocenters. The zero-order valence-corrected chi connectivity index (χ0v) is 36.7. The summed E-state index contributed by atoms with van der Waals surface area (Å²) in [5, 5.41) is 24.2. The second-order valence-corrected chi connectivity index (χ2v) is 15.3. The second-order valence-electron chi connectivity index (χ2n) is 14.5. The maximum atomic E-state index is 12.7. The third kappa shape index (κ3) is 16.0. The van der Waals surface area contributed by atoms with Crippen molar-refractivity contribution in [2.24, 2.45) is 5.10 Å². The first kappa shape index (κ1) is 47.5. The number of hydrogen-bond acceptors (Lipinski definition) is 12. The molecule has 0 saturated carbocycles. The number of carboxylic acid groups (broad SMARTS) is 1.